The predicted octanol–water partition coefficient (Wildman–Crippen LogP) is 4.27. The monoisotopic (exact) mass is 329 g/mol. The van der Waals surface area contributed by atoms with Crippen LogP contribution in [-0.2, 0) is 0 Å². The molecule has 0 aliphatic heterocycles. The Balaban J connectivity index is 1.88. The quantitative estimate of drug-likeness (QED) is 0.656. The molecule has 0 fully saturated rings. The topological polar surface area (TPSA) is 39.9 Å². The first-order chi connectivity index (χ1) is 11.2. The van der Waals surface area contributed by atoms with Crippen molar-refractivity contribution in [3.05, 3.63) is 66.2 Å². The van der Waals surface area contributed by atoms with Gasteiger partial charge in [-0.05, 0) is 36.8 Å². The lowest BCUT2D eigenvalue weighted by molar-refractivity contribution is 0.412. The zero-order valence-electron chi connectivity index (χ0n) is 12.8. The van der Waals surface area contributed by atoms with Crippen molar-refractivity contribution in [2.24, 2.45) is 0 Å². The summed E-state index contributed by atoms with van der Waals surface area (Å²) < 4.78 is 20.3. The van der Waals surface area contributed by atoms with Crippen LogP contribution in [0.2, 0.25) is 0 Å². The summed E-state index contributed by atoms with van der Waals surface area (Å²) in [7, 11) is 1.64. The number of para-hydroxylation sites is 2. The lowest BCUT2D eigenvalue weighted by Gasteiger charge is -2.14. The van der Waals surface area contributed by atoms with Gasteiger partial charge in [-0.3, -0.25) is 4.57 Å². The van der Waals surface area contributed by atoms with Crippen LogP contribution >= 0.6 is 11.8 Å². The van der Waals surface area contributed by atoms with E-state index in [1.807, 2.05) is 28.8 Å². The Hall–Kier alpha value is -2.34. The molecule has 2 aromatic carbocycles. The number of rotatable bonds is 5. The molecule has 3 rings (SSSR count). The lowest BCUT2D eigenvalue weighted by atomic mass is 10.2. The van der Waals surface area contributed by atoms with Gasteiger partial charge >= 0.3 is 0 Å². The SMILES string of the molecule is COc1ccccc1-n1cnnc1S[C@H](C)c1ccc(F)cc1. The van der Waals surface area contributed by atoms with Crippen molar-refractivity contribution in [1.29, 1.82) is 0 Å². The molecule has 4 nitrogen and oxygen atoms in total. The van der Waals surface area contributed by atoms with Gasteiger partial charge in [-0.15, -0.1) is 10.2 Å². The molecule has 0 aliphatic carbocycles. The van der Waals surface area contributed by atoms with Gasteiger partial charge in [-0.1, -0.05) is 36.0 Å². The molecule has 1 heterocycles. The second-order valence-corrected chi connectivity index (χ2v) is 6.27. The highest BCUT2D eigenvalue weighted by Gasteiger charge is 2.15. The number of ether oxygens (including phenoxy) is 1. The van der Waals surface area contributed by atoms with Crippen LogP contribution in [0.5, 0.6) is 5.75 Å². The van der Waals surface area contributed by atoms with Gasteiger partial charge in [-0.2, -0.15) is 0 Å². The fourth-order valence-electron chi connectivity index (χ4n) is 2.26. The van der Waals surface area contributed by atoms with E-state index in [1.165, 1.54) is 12.1 Å². The van der Waals surface area contributed by atoms with Crippen LogP contribution in [0.1, 0.15) is 17.7 Å². The van der Waals surface area contributed by atoms with E-state index < -0.39 is 0 Å². The van der Waals surface area contributed by atoms with Crippen molar-refractivity contribution in [1.82, 2.24) is 14.8 Å². The molecule has 0 saturated heterocycles. The molecule has 0 aliphatic rings. The third-order valence-corrected chi connectivity index (χ3v) is 4.60. The first-order valence-electron chi connectivity index (χ1n) is 7.14. The van der Waals surface area contributed by atoms with Crippen molar-refractivity contribution in [3.63, 3.8) is 0 Å². The fourth-order valence-corrected chi connectivity index (χ4v) is 3.22. The minimum Gasteiger partial charge on any atom is -0.495 e. The first-order valence-corrected chi connectivity index (χ1v) is 8.02. The molecule has 0 radical (unpaired) electrons. The number of benzene rings is 2. The molecule has 6 heteroatoms. The molecule has 1 aromatic heterocycles. The molecule has 0 unspecified atom stereocenters. The normalized spacial score (nSPS) is 12.1. The van der Waals surface area contributed by atoms with Gasteiger partial charge < -0.3 is 4.74 Å². The summed E-state index contributed by atoms with van der Waals surface area (Å²) in [4.78, 5) is 0. The predicted molar refractivity (Wildman–Crippen MR) is 88.6 cm³/mol. The zero-order valence-corrected chi connectivity index (χ0v) is 13.6. The summed E-state index contributed by atoms with van der Waals surface area (Å²) in [6.45, 7) is 2.05. The third kappa shape index (κ3) is 3.37. The van der Waals surface area contributed by atoms with E-state index >= 15 is 0 Å². The maximum Gasteiger partial charge on any atom is 0.196 e. The second kappa shape index (κ2) is 6.83. The summed E-state index contributed by atoms with van der Waals surface area (Å²) in [6, 6.07) is 14.2. The molecule has 118 valence electrons. The van der Waals surface area contributed by atoms with Crippen LogP contribution < -0.4 is 4.74 Å². The first kappa shape index (κ1) is 15.6. The van der Waals surface area contributed by atoms with Crippen LogP contribution in [0.3, 0.4) is 0 Å². The van der Waals surface area contributed by atoms with Crippen LogP contribution in [-0.4, -0.2) is 21.9 Å². The molecule has 0 N–H and O–H groups in total. The van der Waals surface area contributed by atoms with Gasteiger partial charge in [0.1, 0.15) is 17.9 Å². The number of hydrogen-bond acceptors (Lipinski definition) is 4. The van der Waals surface area contributed by atoms with E-state index in [0.717, 1.165) is 22.2 Å². The minimum atomic E-state index is -0.233. The van der Waals surface area contributed by atoms with Crippen LogP contribution in [0, 0.1) is 5.82 Å². The van der Waals surface area contributed by atoms with Gasteiger partial charge in [0.25, 0.3) is 0 Å². The summed E-state index contributed by atoms with van der Waals surface area (Å²) in [5.74, 6) is 0.520. The van der Waals surface area contributed by atoms with Crippen molar-refractivity contribution in [2.75, 3.05) is 7.11 Å². The Kier molecular flexibility index (Phi) is 4.62. The number of thioether (sulfide) groups is 1. The second-order valence-electron chi connectivity index (χ2n) is 4.97. The van der Waals surface area contributed by atoms with Crippen molar-refractivity contribution in [2.45, 2.75) is 17.3 Å². The van der Waals surface area contributed by atoms with Crippen molar-refractivity contribution < 1.29 is 9.13 Å². The van der Waals surface area contributed by atoms with Crippen LogP contribution in [0.4, 0.5) is 4.39 Å². The molecule has 0 saturated carbocycles. The number of halogens is 1. The van der Waals surface area contributed by atoms with Gasteiger partial charge in [0, 0.05) is 5.25 Å². The van der Waals surface area contributed by atoms with E-state index in [4.69, 9.17) is 4.74 Å². The maximum absolute atomic E-state index is 13.0. The highest BCUT2D eigenvalue weighted by atomic mass is 32.2. The molecule has 1 atom stereocenters. The highest BCUT2D eigenvalue weighted by Crippen LogP contribution is 2.35. The van der Waals surface area contributed by atoms with E-state index in [1.54, 1.807) is 37.3 Å². The van der Waals surface area contributed by atoms with Gasteiger partial charge in [0.15, 0.2) is 5.16 Å². The largest absolute Gasteiger partial charge is 0.495 e. The molecular formula is C17H16FN3OS. The van der Waals surface area contributed by atoms with E-state index in [0.29, 0.717) is 0 Å². The van der Waals surface area contributed by atoms with E-state index in [9.17, 15) is 4.39 Å². The van der Waals surface area contributed by atoms with Crippen LogP contribution in [0.15, 0.2) is 60.0 Å². The summed E-state index contributed by atoms with van der Waals surface area (Å²) in [5.41, 5.74) is 1.92. The Morgan fingerprint density at radius 2 is 1.87 bits per heavy atom. The number of hydrogen-bond donors (Lipinski definition) is 0. The summed E-state index contributed by atoms with van der Waals surface area (Å²) in [6.07, 6.45) is 1.66. The molecular weight excluding hydrogens is 313 g/mol. The van der Waals surface area contributed by atoms with Gasteiger partial charge in [0.2, 0.25) is 0 Å². The maximum atomic E-state index is 13.0. The average molecular weight is 329 g/mol. The number of aromatic nitrogens is 3. The fraction of sp³-hybridized carbons (Fsp3) is 0.176. The Labute approximate surface area is 138 Å². The average Bonchev–Trinajstić information content (AvgIpc) is 3.03. The highest BCUT2D eigenvalue weighted by molar-refractivity contribution is 7.99. The van der Waals surface area contributed by atoms with Crippen molar-refractivity contribution in [3.8, 4) is 11.4 Å². The van der Waals surface area contributed by atoms with E-state index in [2.05, 4.69) is 17.1 Å². The standard InChI is InChI=1S/C17H16FN3OS/c1-12(13-7-9-14(18)10-8-13)23-17-20-19-11-21(17)15-5-3-4-6-16(15)22-2/h3-12H,1-2H3/t12-/m1/s1. The summed E-state index contributed by atoms with van der Waals surface area (Å²) in [5, 5.41) is 9.08. The molecule has 0 amide bonds. The smallest absolute Gasteiger partial charge is 0.196 e. The molecule has 3 aromatic rings. The Bertz CT molecular complexity index is 789. The Morgan fingerprint density at radius 3 is 2.61 bits per heavy atom. The lowest BCUT2D eigenvalue weighted by Crippen LogP contribution is -2.00. The van der Waals surface area contributed by atoms with E-state index in [-0.39, 0.29) is 11.1 Å². The van der Waals surface area contributed by atoms with Gasteiger partial charge in [-0.25, -0.2) is 4.39 Å². The zero-order chi connectivity index (χ0) is 16.2. The van der Waals surface area contributed by atoms with Crippen LogP contribution in [0.25, 0.3) is 5.69 Å². The molecule has 23 heavy (non-hydrogen) atoms. The minimum absolute atomic E-state index is 0.119. The Morgan fingerprint density at radius 1 is 1.13 bits per heavy atom. The van der Waals surface area contributed by atoms with Crippen molar-refractivity contribution >= 4 is 11.8 Å². The number of methoxy groups -OCH3 is 1. The molecule has 0 spiro atoms. The molecule has 0 bridgehead atoms. The summed E-state index contributed by atoms with van der Waals surface area (Å²) >= 11 is 1.56. The number of nitrogens with zero attached hydrogens (tertiary/aromatic N) is 3. The van der Waals surface area contributed by atoms with Gasteiger partial charge in [0.05, 0.1) is 12.8 Å². The third-order valence-electron chi connectivity index (χ3n) is 3.48.